The summed E-state index contributed by atoms with van der Waals surface area (Å²) in [5.74, 6) is -1.24. The molecule has 0 aliphatic carbocycles. The number of esters is 1. The number of carbonyl (C=O) groups is 2. The molecule has 0 saturated heterocycles. The number of hydrogen-bond donors (Lipinski definition) is 0. The van der Waals surface area contributed by atoms with Gasteiger partial charge in [-0.1, -0.05) is 43.7 Å². The van der Waals surface area contributed by atoms with Gasteiger partial charge in [-0.05, 0) is 18.4 Å². The Morgan fingerprint density at radius 3 is 2.17 bits per heavy atom. The van der Waals surface area contributed by atoms with E-state index in [4.69, 9.17) is 4.74 Å². The van der Waals surface area contributed by atoms with Gasteiger partial charge in [0.2, 0.25) is 0 Å². The van der Waals surface area contributed by atoms with Gasteiger partial charge in [-0.3, -0.25) is 9.59 Å². The summed E-state index contributed by atoms with van der Waals surface area (Å²) in [7, 11) is 1.32. The van der Waals surface area contributed by atoms with E-state index in [1.165, 1.54) is 7.11 Å². The minimum absolute atomic E-state index is 0.0459. The highest BCUT2D eigenvalue weighted by Crippen LogP contribution is 2.17. The number of carbonyl (C=O) groups excluding carboxylic acids is 2. The fraction of sp³-hybridized carbons (Fsp3) is 0.467. The Bertz CT molecular complexity index is 418. The molecule has 0 heterocycles. The lowest BCUT2D eigenvalue weighted by Gasteiger charge is -2.17. The highest BCUT2D eigenvalue weighted by atomic mass is 16.5. The van der Waals surface area contributed by atoms with Crippen molar-refractivity contribution in [2.75, 3.05) is 7.11 Å². The molecular formula is C15H20O3. The van der Waals surface area contributed by atoms with Gasteiger partial charge >= 0.3 is 5.97 Å². The molecule has 98 valence electrons. The number of hydrogen-bond acceptors (Lipinski definition) is 3. The quantitative estimate of drug-likeness (QED) is 0.594. The zero-order valence-corrected chi connectivity index (χ0v) is 11.4. The van der Waals surface area contributed by atoms with Gasteiger partial charge in [0.25, 0.3) is 0 Å². The molecule has 0 spiro atoms. The fourth-order valence-corrected chi connectivity index (χ4v) is 1.92. The van der Waals surface area contributed by atoms with Crippen molar-refractivity contribution in [1.29, 1.82) is 0 Å². The maximum absolute atomic E-state index is 12.1. The molecule has 0 aliphatic rings. The summed E-state index contributed by atoms with van der Waals surface area (Å²) in [6.07, 6.45) is 0.276. The summed E-state index contributed by atoms with van der Waals surface area (Å²) in [5.41, 5.74) is 2.08. The van der Waals surface area contributed by atoms with Crippen LogP contribution in [0, 0.1) is 18.8 Å². The molecule has 0 N–H and O–H groups in total. The summed E-state index contributed by atoms with van der Waals surface area (Å²) in [4.78, 5) is 23.7. The van der Waals surface area contributed by atoms with Crippen LogP contribution < -0.4 is 0 Å². The highest BCUT2D eigenvalue weighted by Gasteiger charge is 2.30. The number of methoxy groups -OCH3 is 1. The van der Waals surface area contributed by atoms with Gasteiger partial charge < -0.3 is 4.74 Å². The van der Waals surface area contributed by atoms with Crippen LogP contribution in [0.2, 0.25) is 0 Å². The number of ether oxygens (including phenoxy) is 1. The number of ketones is 1. The van der Waals surface area contributed by atoms with Crippen molar-refractivity contribution in [2.24, 2.45) is 11.8 Å². The maximum Gasteiger partial charge on any atom is 0.316 e. The van der Waals surface area contributed by atoms with Crippen molar-refractivity contribution in [3.63, 3.8) is 0 Å². The summed E-state index contributed by atoms with van der Waals surface area (Å²) < 4.78 is 4.69. The number of rotatable bonds is 5. The zero-order chi connectivity index (χ0) is 13.7. The summed E-state index contributed by atoms with van der Waals surface area (Å²) in [6, 6.07) is 7.76. The van der Waals surface area contributed by atoms with Crippen molar-refractivity contribution in [3.8, 4) is 0 Å². The van der Waals surface area contributed by atoms with Crippen LogP contribution in [0.4, 0.5) is 0 Å². The SMILES string of the molecule is COC(=O)C(C(=O)Cc1ccc(C)cc1)C(C)C. The third-order valence-electron chi connectivity index (χ3n) is 2.97. The first kappa shape index (κ1) is 14.4. The van der Waals surface area contributed by atoms with Gasteiger partial charge in [-0.2, -0.15) is 0 Å². The predicted octanol–water partition coefficient (Wildman–Crippen LogP) is 2.55. The van der Waals surface area contributed by atoms with Gasteiger partial charge in [0.05, 0.1) is 7.11 Å². The Morgan fingerprint density at radius 1 is 1.17 bits per heavy atom. The first-order chi connectivity index (χ1) is 8.45. The third-order valence-corrected chi connectivity index (χ3v) is 2.97. The molecule has 0 fully saturated rings. The molecule has 0 aliphatic heterocycles. The highest BCUT2D eigenvalue weighted by molar-refractivity contribution is 6.00. The number of Topliss-reactive ketones (excluding diaryl/α,β-unsaturated/α-hetero) is 1. The molecule has 1 aromatic carbocycles. The first-order valence-electron chi connectivity index (χ1n) is 6.11. The van der Waals surface area contributed by atoms with Crippen LogP contribution >= 0.6 is 0 Å². The van der Waals surface area contributed by atoms with Crippen LogP contribution in [0.3, 0.4) is 0 Å². The second-order valence-corrected chi connectivity index (χ2v) is 4.87. The van der Waals surface area contributed by atoms with Crippen molar-refractivity contribution in [1.82, 2.24) is 0 Å². The fourth-order valence-electron chi connectivity index (χ4n) is 1.92. The van der Waals surface area contributed by atoms with Gasteiger partial charge in [-0.15, -0.1) is 0 Å². The Balaban J connectivity index is 2.79. The minimum Gasteiger partial charge on any atom is -0.468 e. The Labute approximate surface area is 108 Å². The van der Waals surface area contributed by atoms with Crippen LogP contribution in [0.25, 0.3) is 0 Å². The molecule has 1 aromatic rings. The smallest absolute Gasteiger partial charge is 0.316 e. The second-order valence-electron chi connectivity index (χ2n) is 4.87. The van der Waals surface area contributed by atoms with Gasteiger partial charge in [-0.25, -0.2) is 0 Å². The Hall–Kier alpha value is -1.64. The maximum atomic E-state index is 12.1. The normalized spacial score (nSPS) is 12.3. The van der Waals surface area contributed by atoms with Gasteiger partial charge in [0, 0.05) is 6.42 Å². The van der Waals surface area contributed by atoms with Crippen LogP contribution in [0.15, 0.2) is 24.3 Å². The molecule has 0 radical (unpaired) electrons. The topological polar surface area (TPSA) is 43.4 Å². The number of benzene rings is 1. The molecule has 0 amide bonds. The molecule has 0 bridgehead atoms. The van der Waals surface area contributed by atoms with E-state index >= 15 is 0 Å². The van der Waals surface area contributed by atoms with Gasteiger partial charge in [0.1, 0.15) is 5.92 Å². The van der Waals surface area contributed by atoms with Crippen molar-refractivity contribution < 1.29 is 14.3 Å². The molecular weight excluding hydrogens is 228 g/mol. The zero-order valence-electron chi connectivity index (χ0n) is 11.4. The number of aryl methyl sites for hydroxylation is 1. The van der Waals surface area contributed by atoms with Crippen molar-refractivity contribution in [2.45, 2.75) is 27.2 Å². The van der Waals surface area contributed by atoms with E-state index in [2.05, 4.69) is 0 Å². The van der Waals surface area contributed by atoms with E-state index in [0.29, 0.717) is 0 Å². The monoisotopic (exact) mass is 248 g/mol. The molecule has 1 atom stereocenters. The lowest BCUT2D eigenvalue weighted by Crippen LogP contribution is -2.31. The minimum atomic E-state index is -0.670. The van der Waals surface area contributed by atoms with E-state index < -0.39 is 11.9 Å². The van der Waals surface area contributed by atoms with Crippen LogP contribution in [0.1, 0.15) is 25.0 Å². The Kier molecular flexibility index (Phi) is 5.08. The van der Waals surface area contributed by atoms with E-state index in [9.17, 15) is 9.59 Å². The molecule has 3 nitrogen and oxygen atoms in total. The van der Waals surface area contributed by atoms with Crippen LogP contribution in [-0.2, 0) is 20.7 Å². The average Bonchev–Trinajstić information content (AvgIpc) is 2.31. The standard InChI is InChI=1S/C15H20O3/c1-10(2)14(15(17)18-4)13(16)9-12-7-5-11(3)6-8-12/h5-8,10,14H,9H2,1-4H3. The first-order valence-corrected chi connectivity index (χ1v) is 6.11. The third kappa shape index (κ3) is 3.69. The summed E-state index contributed by atoms with van der Waals surface area (Å²) >= 11 is 0. The predicted molar refractivity (Wildman–Crippen MR) is 70.2 cm³/mol. The molecule has 0 saturated carbocycles. The lowest BCUT2D eigenvalue weighted by molar-refractivity contribution is -0.151. The van der Waals surface area contributed by atoms with Crippen molar-refractivity contribution in [3.05, 3.63) is 35.4 Å². The summed E-state index contributed by atoms with van der Waals surface area (Å²) in [6.45, 7) is 5.71. The molecule has 1 unspecified atom stereocenters. The second kappa shape index (κ2) is 6.34. The molecule has 3 heteroatoms. The van der Waals surface area contributed by atoms with E-state index in [1.807, 2.05) is 45.0 Å². The summed E-state index contributed by atoms with van der Waals surface area (Å²) in [5, 5.41) is 0. The van der Waals surface area contributed by atoms with E-state index in [-0.39, 0.29) is 18.1 Å². The van der Waals surface area contributed by atoms with E-state index in [0.717, 1.165) is 11.1 Å². The lowest BCUT2D eigenvalue weighted by atomic mass is 9.88. The van der Waals surface area contributed by atoms with Gasteiger partial charge in [0.15, 0.2) is 5.78 Å². The molecule has 0 aromatic heterocycles. The average molecular weight is 248 g/mol. The Morgan fingerprint density at radius 2 is 1.72 bits per heavy atom. The van der Waals surface area contributed by atoms with Crippen molar-refractivity contribution >= 4 is 11.8 Å². The molecule has 1 rings (SSSR count). The van der Waals surface area contributed by atoms with Crippen LogP contribution in [0.5, 0.6) is 0 Å². The largest absolute Gasteiger partial charge is 0.468 e. The molecule has 18 heavy (non-hydrogen) atoms. The van der Waals surface area contributed by atoms with Crippen LogP contribution in [-0.4, -0.2) is 18.9 Å². The van der Waals surface area contributed by atoms with E-state index in [1.54, 1.807) is 0 Å².